The molecule has 0 radical (unpaired) electrons. The summed E-state index contributed by atoms with van der Waals surface area (Å²) in [5.41, 5.74) is 8.63. The van der Waals surface area contributed by atoms with Crippen molar-refractivity contribution in [1.29, 1.82) is 0 Å². The second-order valence-corrected chi connectivity index (χ2v) is 11.1. The summed E-state index contributed by atoms with van der Waals surface area (Å²) in [5, 5.41) is 5.50. The van der Waals surface area contributed by atoms with Gasteiger partial charge in [0.15, 0.2) is 5.78 Å². The predicted octanol–water partition coefficient (Wildman–Crippen LogP) is 3.88. The number of nitrogens with zero attached hydrogens (tertiary/aromatic N) is 3. The van der Waals surface area contributed by atoms with Crippen molar-refractivity contribution in [3.63, 3.8) is 0 Å². The molecule has 2 heterocycles. The topological polar surface area (TPSA) is 139 Å². The van der Waals surface area contributed by atoms with Gasteiger partial charge < -0.3 is 21.3 Å². The highest BCUT2D eigenvalue weighted by atomic mass is 19.1. The first-order valence-corrected chi connectivity index (χ1v) is 14.7. The van der Waals surface area contributed by atoms with Crippen molar-refractivity contribution in [2.75, 3.05) is 30.4 Å². The number of halogens is 1. The fraction of sp³-hybridized carbons (Fsp3) is 0.265. The highest BCUT2D eigenvalue weighted by Crippen LogP contribution is 2.28. The first-order valence-electron chi connectivity index (χ1n) is 14.7. The van der Waals surface area contributed by atoms with Crippen LogP contribution in [-0.4, -0.2) is 53.3 Å². The van der Waals surface area contributed by atoms with E-state index in [0.29, 0.717) is 27.8 Å². The van der Waals surface area contributed by atoms with E-state index >= 15 is 0 Å². The number of primary amides is 1. The number of nitrogens with one attached hydrogen (secondary N) is 2. The van der Waals surface area contributed by atoms with Crippen LogP contribution < -0.4 is 26.8 Å². The van der Waals surface area contributed by atoms with Crippen LogP contribution in [0.5, 0.6) is 0 Å². The molecule has 4 N–H and O–H groups in total. The molecule has 2 amide bonds. The van der Waals surface area contributed by atoms with Crippen molar-refractivity contribution in [2.24, 2.45) is 5.73 Å². The molecular formula is C34H35FN6O4. The Morgan fingerprint density at radius 1 is 1.02 bits per heavy atom. The Kier molecular flexibility index (Phi) is 9.19. The van der Waals surface area contributed by atoms with E-state index in [4.69, 9.17) is 5.73 Å². The van der Waals surface area contributed by atoms with Gasteiger partial charge in [0.05, 0.1) is 18.8 Å². The Balaban J connectivity index is 1.66. The van der Waals surface area contributed by atoms with E-state index in [2.05, 4.69) is 20.5 Å². The van der Waals surface area contributed by atoms with Crippen molar-refractivity contribution in [3.05, 3.63) is 111 Å². The Morgan fingerprint density at radius 2 is 1.73 bits per heavy atom. The van der Waals surface area contributed by atoms with Gasteiger partial charge in [0, 0.05) is 41.0 Å². The van der Waals surface area contributed by atoms with Gasteiger partial charge in [-0.15, -0.1) is 0 Å². The fourth-order valence-corrected chi connectivity index (χ4v) is 5.46. The Morgan fingerprint density at radius 3 is 2.40 bits per heavy atom. The van der Waals surface area contributed by atoms with Gasteiger partial charge >= 0.3 is 0 Å². The van der Waals surface area contributed by atoms with Crippen molar-refractivity contribution >= 4 is 29.0 Å². The number of nitrogens with two attached hydrogens (primary N) is 1. The minimum Gasteiger partial charge on any atom is -0.372 e. The summed E-state index contributed by atoms with van der Waals surface area (Å²) in [6.07, 6.45) is 3.33. The zero-order valence-electron chi connectivity index (χ0n) is 25.4. The van der Waals surface area contributed by atoms with Crippen molar-refractivity contribution in [1.82, 2.24) is 14.9 Å². The first kappa shape index (κ1) is 31.3. The summed E-state index contributed by atoms with van der Waals surface area (Å²) < 4.78 is 15.0. The number of carbonyl (C=O) groups excluding carboxylic acids is 3. The molecule has 0 unspecified atom stereocenters. The fourth-order valence-electron chi connectivity index (χ4n) is 5.46. The van der Waals surface area contributed by atoms with Crippen LogP contribution in [0.25, 0.3) is 11.4 Å². The van der Waals surface area contributed by atoms with Gasteiger partial charge in [-0.1, -0.05) is 12.1 Å². The van der Waals surface area contributed by atoms with Gasteiger partial charge in [-0.3, -0.25) is 23.7 Å². The average Bonchev–Trinajstić information content (AvgIpc) is 3.58. The summed E-state index contributed by atoms with van der Waals surface area (Å²) in [5.74, 6) is -1.49. The summed E-state index contributed by atoms with van der Waals surface area (Å²) in [4.78, 5) is 59.2. The molecule has 0 saturated carbocycles. The molecule has 1 atom stereocenters. The Labute approximate surface area is 260 Å². The minimum atomic E-state index is -0.615. The number of hydrogen-bond donors (Lipinski definition) is 3. The summed E-state index contributed by atoms with van der Waals surface area (Å²) in [6, 6.07) is 15.3. The maximum Gasteiger partial charge on any atom is 0.277 e. The van der Waals surface area contributed by atoms with E-state index in [9.17, 15) is 23.6 Å². The molecule has 3 aromatic carbocycles. The van der Waals surface area contributed by atoms with Crippen LogP contribution in [0.4, 0.5) is 15.8 Å². The molecule has 11 heteroatoms. The SMILES string of the molecule is CN[C@@H](C)C(=O)Nc1cnc(-c2cccc(C(N)=O)c2C)n(Cc2cc(C(=O)c3ccc(F)cc3)cc(N3CCCC3)c2)c1=O. The van der Waals surface area contributed by atoms with Gasteiger partial charge in [-0.05, 0) is 93.4 Å². The number of anilines is 2. The number of hydrogen-bond acceptors (Lipinski definition) is 7. The number of benzene rings is 3. The van der Waals surface area contributed by atoms with E-state index < -0.39 is 29.2 Å². The van der Waals surface area contributed by atoms with Gasteiger partial charge in [-0.25, -0.2) is 9.37 Å². The standard InChI is InChI=1S/C34H35FN6O4/c1-20-27(31(36)43)7-6-8-28(20)32-38-18-29(39-33(44)21(2)37-3)34(45)41(32)19-22-15-24(17-26(16-22)40-13-4-5-14-40)30(42)23-9-11-25(35)12-10-23/h6-12,15-18,21,37H,4-5,13-14,19H2,1-3H3,(H2,36,43)(H,39,44)/t21-/m0/s1. The van der Waals surface area contributed by atoms with Crippen LogP contribution in [-0.2, 0) is 11.3 Å². The second kappa shape index (κ2) is 13.2. The van der Waals surface area contributed by atoms with Gasteiger partial charge in [-0.2, -0.15) is 0 Å². The maximum atomic E-state index is 14.0. The monoisotopic (exact) mass is 610 g/mol. The smallest absolute Gasteiger partial charge is 0.277 e. The van der Waals surface area contributed by atoms with E-state index in [1.54, 1.807) is 45.2 Å². The molecule has 1 saturated heterocycles. The van der Waals surface area contributed by atoms with Crippen molar-refractivity contribution in [3.8, 4) is 11.4 Å². The van der Waals surface area contributed by atoms with E-state index in [-0.39, 0.29) is 29.4 Å². The largest absolute Gasteiger partial charge is 0.372 e. The molecule has 45 heavy (non-hydrogen) atoms. The molecule has 1 aliphatic heterocycles. The number of carbonyl (C=O) groups is 3. The van der Waals surface area contributed by atoms with E-state index in [0.717, 1.165) is 31.6 Å². The van der Waals surface area contributed by atoms with Gasteiger partial charge in [0.1, 0.15) is 17.3 Å². The lowest BCUT2D eigenvalue weighted by Crippen LogP contribution is -2.38. The molecule has 1 aliphatic rings. The van der Waals surface area contributed by atoms with Crippen LogP contribution in [0.15, 0.2) is 71.7 Å². The molecule has 232 valence electrons. The normalized spacial score (nSPS) is 13.5. The molecule has 1 fully saturated rings. The quantitative estimate of drug-likeness (QED) is 0.232. The summed E-state index contributed by atoms with van der Waals surface area (Å²) >= 11 is 0. The zero-order valence-corrected chi connectivity index (χ0v) is 25.4. The zero-order chi connectivity index (χ0) is 32.2. The lowest BCUT2D eigenvalue weighted by Gasteiger charge is -2.21. The molecule has 5 rings (SSSR count). The van der Waals surface area contributed by atoms with E-state index in [1.165, 1.54) is 35.0 Å². The van der Waals surface area contributed by atoms with Crippen LogP contribution in [0.1, 0.15) is 57.2 Å². The minimum absolute atomic E-state index is 0.00191. The molecular weight excluding hydrogens is 575 g/mol. The third-order valence-corrected chi connectivity index (χ3v) is 8.13. The predicted molar refractivity (Wildman–Crippen MR) is 171 cm³/mol. The van der Waals surface area contributed by atoms with Crippen molar-refractivity contribution in [2.45, 2.75) is 39.3 Å². The summed E-state index contributed by atoms with van der Waals surface area (Å²) in [6.45, 7) is 5.04. The average molecular weight is 611 g/mol. The number of ketones is 1. The molecule has 4 aromatic rings. The highest BCUT2D eigenvalue weighted by molar-refractivity contribution is 6.09. The van der Waals surface area contributed by atoms with Gasteiger partial charge in [0.2, 0.25) is 11.8 Å². The molecule has 0 bridgehead atoms. The third-order valence-electron chi connectivity index (χ3n) is 8.13. The second-order valence-electron chi connectivity index (χ2n) is 11.1. The number of likely N-dealkylation sites (N-methyl/N-ethyl adjacent to an activating group) is 1. The maximum absolute atomic E-state index is 14.0. The van der Waals surface area contributed by atoms with Crippen LogP contribution in [0.3, 0.4) is 0 Å². The number of rotatable bonds is 10. The highest BCUT2D eigenvalue weighted by Gasteiger charge is 2.22. The number of aromatic nitrogens is 2. The molecule has 0 aliphatic carbocycles. The molecule has 10 nitrogen and oxygen atoms in total. The lowest BCUT2D eigenvalue weighted by atomic mass is 9.99. The Hall–Kier alpha value is -5.16. The van der Waals surface area contributed by atoms with Crippen LogP contribution in [0, 0.1) is 12.7 Å². The Bertz CT molecular complexity index is 1830. The molecule has 0 spiro atoms. The van der Waals surface area contributed by atoms with Crippen LogP contribution >= 0.6 is 0 Å². The number of amides is 2. The summed E-state index contributed by atoms with van der Waals surface area (Å²) in [7, 11) is 1.64. The van der Waals surface area contributed by atoms with Crippen molar-refractivity contribution < 1.29 is 18.8 Å². The molecule has 1 aromatic heterocycles. The lowest BCUT2D eigenvalue weighted by molar-refractivity contribution is -0.117. The third kappa shape index (κ3) is 6.68. The first-order chi connectivity index (χ1) is 21.6. The van der Waals surface area contributed by atoms with E-state index in [1.807, 2.05) is 12.1 Å². The van der Waals surface area contributed by atoms with Gasteiger partial charge in [0.25, 0.3) is 5.56 Å². The van der Waals surface area contributed by atoms with Crippen LogP contribution in [0.2, 0.25) is 0 Å².